The molecule has 0 amide bonds. The summed E-state index contributed by atoms with van der Waals surface area (Å²) >= 11 is 0. The van der Waals surface area contributed by atoms with Crippen molar-refractivity contribution in [2.24, 2.45) is 0 Å². The topological polar surface area (TPSA) is 44.3 Å². The lowest BCUT2D eigenvalue weighted by atomic mass is 10.2. The molecular formula is C11H19N5. The van der Waals surface area contributed by atoms with Crippen LogP contribution < -0.4 is 15.1 Å². The van der Waals surface area contributed by atoms with Crippen LogP contribution in [-0.4, -0.2) is 50.2 Å². The Morgan fingerprint density at radius 1 is 1.38 bits per heavy atom. The summed E-state index contributed by atoms with van der Waals surface area (Å²) in [7, 11) is 6.04. The molecule has 1 fully saturated rings. The van der Waals surface area contributed by atoms with Crippen molar-refractivity contribution in [3.05, 3.63) is 12.3 Å². The van der Waals surface area contributed by atoms with E-state index in [1.54, 1.807) is 0 Å². The second kappa shape index (κ2) is 4.65. The Kier molecular flexibility index (Phi) is 3.24. The maximum absolute atomic E-state index is 4.53. The van der Waals surface area contributed by atoms with E-state index in [9.17, 15) is 0 Å². The standard InChI is InChI=1S/C11H19N5/c1-15(2)10-5-7-13-11(14-10)16(3)9-4-6-12-8-9/h5,7,9,12H,4,6,8H2,1-3H3. The highest BCUT2D eigenvalue weighted by Crippen LogP contribution is 2.16. The fourth-order valence-electron chi connectivity index (χ4n) is 1.89. The van der Waals surface area contributed by atoms with Crippen LogP contribution in [0.5, 0.6) is 0 Å². The molecule has 16 heavy (non-hydrogen) atoms. The molecule has 1 atom stereocenters. The van der Waals surface area contributed by atoms with Gasteiger partial charge in [0, 0.05) is 39.9 Å². The summed E-state index contributed by atoms with van der Waals surface area (Å²) < 4.78 is 0. The molecule has 2 heterocycles. The number of hydrogen-bond donors (Lipinski definition) is 1. The van der Waals surface area contributed by atoms with Gasteiger partial charge < -0.3 is 15.1 Å². The Morgan fingerprint density at radius 3 is 2.81 bits per heavy atom. The minimum absolute atomic E-state index is 0.511. The molecule has 1 aromatic rings. The summed E-state index contributed by atoms with van der Waals surface area (Å²) in [4.78, 5) is 13.0. The van der Waals surface area contributed by atoms with Gasteiger partial charge in [-0.1, -0.05) is 0 Å². The van der Waals surface area contributed by atoms with E-state index in [0.29, 0.717) is 6.04 Å². The molecule has 1 aliphatic heterocycles. The number of nitrogens with one attached hydrogen (secondary N) is 1. The molecule has 1 unspecified atom stereocenters. The summed E-state index contributed by atoms with van der Waals surface area (Å²) in [6, 6.07) is 2.43. The van der Waals surface area contributed by atoms with Gasteiger partial charge in [0.05, 0.1) is 0 Å². The lowest BCUT2D eigenvalue weighted by Gasteiger charge is -2.24. The number of hydrogen-bond acceptors (Lipinski definition) is 5. The summed E-state index contributed by atoms with van der Waals surface area (Å²) in [5, 5.41) is 3.35. The summed E-state index contributed by atoms with van der Waals surface area (Å²) in [6.45, 7) is 2.11. The normalized spacial score (nSPS) is 19.8. The zero-order valence-electron chi connectivity index (χ0n) is 10.1. The van der Waals surface area contributed by atoms with Crippen LogP contribution in [0.2, 0.25) is 0 Å². The Balaban J connectivity index is 2.15. The van der Waals surface area contributed by atoms with E-state index in [4.69, 9.17) is 0 Å². The number of aromatic nitrogens is 2. The van der Waals surface area contributed by atoms with Crippen LogP contribution in [0.25, 0.3) is 0 Å². The lowest BCUT2D eigenvalue weighted by molar-refractivity contribution is 0.668. The molecule has 1 aliphatic rings. The summed E-state index contributed by atoms with van der Waals surface area (Å²) in [5.74, 6) is 1.75. The van der Waals surface area contributed by atoms with Gasteiger partial charge in [-0.2, -0.15) is 4.98 Å². The summed E-state index contributed by atoms with van der Waals surface area (Å²) in [6.07, 6.45) is 2.97. The van der Waals surface area contributed by atoms with Crippen molar-refractivity contribution in [3.63, 3.8) is 0 Å². The van der Waals surface area contributed by atoms with Gasteiger partial charge in [-0.15, -0.1) is 0 Å². The molecule has 1 aromatic heterocycles. The van der Waals surface area contributed by atoms with E-state index < -0.39 is 0 Å². The number of nitrogens with zero attached hydrogens (tertiary/aromatic N) is 4. The predicted octanol–water partition coefficient (Wildman–Crippen LogP) is 0.341. The molecule has 1 N–H and O–H groups in total. The minimum Gasteiger partial charge on any atom is -0.363 e. The molecule has 0 bridgehead atoms. The SMILES string of the molecule is CN(C)c1ccnc(N(C)C2CCNC2)n1. The van der Waals surface area contributed by atoms with Gasteiger partial charge >= 0.3 is 0 Å². The van der Waals surface area contributed by atoms with E-state index in [-0.39, 0.29) is 0 Å². The second-order valence-electron chi connectivity index (χ2n) is 4.37. The van der Waals surface area contributed by atoms with Gasteiger partial charge in [-0.05, 0) is 19.0 Å². The van der Waals surface area contributed by atoms with Crippen LogP contribution >= 0.6 is 0 Å². The molecular weight excluding hydrogens is 202 g/mol. The number of likely N-dealkylation sites (N-methyl/N-ethyl adjacent to an activating group) is 1. The fraction of sp³-hybridized carbons (Fsp3) is 0.636. The first kappa shape index (κ1) is 11.1. The van der Waals surface area contributed by atoms with Gasteiger partial charge in [-0.3, -0.25) is 0 Å². The highest BCUT2D eigenvalue weighted by atomic mass is 15.3. The molecule has 0 spiro atoms. The Bertz CT molecular complexity index is 346. The zero-order chi connectivity index (χ0) is 11.5. The third-order valence-electron chi connectivity index (χ3n) is 2.98. The monoisotopic (exact) mass is 221 g/mol. The van der Waals surface area contributed by atoms with Crippen molar-refractivity contribution in [2.75, 3.05) is 44.0 Å². The van der Waals surface area contributed by atoms with Crippen LogP contribution in [0.3, 0.4) is 0 Å². The van der Waals surface area contributed by atoms with Gasteiger partial charge in [0.25, 0.3) is 0 Å². The first-order valence-electron chi connectivity index (χ1n) is 5.62. The Hall–Kier alpha value is -1.36. The third-order valence-corrected chi connectivity index (χ3v) is 2.98. The molecule has 0 aliphatic carbocycles. The average Bonchev–Trinajstić information content (AvgIpc) is 2.81. The minimum atomic E-state index is 0.511. The van der Waals surface area contributed by atoms with Crippen LogP contribution in [-0.2, 0) is 0 Å². The quantitative estimate of drug-likeness (QED) is 0.797. The maximum atomic E-state index is 4.53. The average molecular weight is 221 g/mol. The fourth-order valence-corrected chi connectivity index (χ4v) is 1.89. The first-order chi connectivity index (χ1) is 7.68. The highest BCUT2D eigenvalue weighted by molar-refractivity contribution is 5.42. The van der Waals surface area contributed by atoms with Crippen LogP contribution in [0, 0.1) is 0 Å². The van der Waals surface area contributed by atoms with Crippen molar-refractivity contribution < 1.29 is 0 Å². The lowest BCUT2D eigenvalue weighted by Crippen LogP contribution is -2.34. The van der Waals surface area contributed by atoms with Gasteiger partial charge in [-0.25, -0.2) is 4.98 Å². The van der Waals surface area contributed by atoms with Crippen LogP contribution in [0.15, 0.2) is 12.3 Å². The first-order valence-corrected chi connectivity index (χ1v) is 5.62. The Labute approximate surface area is 96.5 Å². The van der Waals surface area contributed by atoms with Gasteiger partial charge in [0.2, 0.25) is 5.95 Å². The zero-order valence-corrected chi connectivity index (χ0v) is 10.1. The van der Waals surface area contributed by atoms with E-state index in [1.165, 1.54) is 0 Å². The van der Waals surface area contributed by atoms with E-state index in [2.05, 4.69) is 27.2 Å². The molecule has 2 rings (SSSR count). The van der Waals surface area contributed by atoms with Crippen LogP contribution in [0.4, 0.5) is 11.8 Å². The van der Waals surface area contributed by atoms with E-state index >= 15 is 0 Å². The highest BCUT2D eigenvalue weighted by Gasteiger charge is 2.21. The number of anilines is 2. The largest absolute Gasteiger partial charge is 0.363 e. The van der Waals surface area contributed by atoms with Crippen molar-refractivity contribution in [1.29, 1.82) is 0 Å². The smallest absolute Gasteiger partial charge is 0.227 e. The third kappa shape index (κ3) is 2.24. The molecule has 88 valence electrons. The van der Waals surface area contributed by atoms with Crippen molar-refractivity contribution in [1.82, 2.24) is 15.3 Å². The molecule has 5 heteroatoms. The van der Waals surface area contributed by atoms with E-state index in [0.717, 1.165) is 31.3 Å². The second-order valence-corrected chi connectivity index (χ2v) is 4.37. The number of rotatable bonds is 3. The molecule has 0 saturated carbocycles. The molecule has 0 aromatic carbocycles. The summed E-state index contributed by atoms with van der Waals surface area (Å²) in [5.41, 5.74) is 0. The van der Waals surface area contributed by atoms with Crippen molar-refractivity contribution >= 4 is 11.8 Å². The molecule has 1 saturated heterocycles. The maximum Gasteiger partial charge on any atom is 0.227 e. The Morgan fingerprint density at radius 2 is 2.19 bits per heavy atom. The van der Waals surface area contributed by atoms with Gasteiger partial charge in [0.15, 0.2) is 0 Å². The van der Waals surface area contributed by atoms with Crippen molar-refractivity contribution in [2.45, 2.75) is 12.5 Å². The predicted molar refractivity (Wildman–Crippen MR) is 66.0 cm³/mol. The van der Waals surface area contributed by atoms with E-state index in [1.807, 2.05) is 31.3 Å². The molecule has 0 radical (unpaired) electrons. The van der Waals surface area contributed by atoms with Crippen LogP contribution in [0.1, 0.15) is 6.42 Å². The van der Waals surface area contributed by atoms with Crippen molar-refractivity contribution in [3.8, 4) is 0 Å². The molecule has 5 nitrogen and oxygen atoms in total. The van der Waals surface area contributed by atoms with Gasteiger partial charge in [0.1, 0.15) is 5.82 Å².